The van der Waals surface area contributed by atoms with Crippen LogP contribution in [0, 0.1) is 0 Å². The van der Waals surface area contributed by atoms with Crippen LogP contribution in [0.3, 0.4) is 0 Å². The van der Waals surface area contributed by atoms with Crippen molar-refractivity contribution in [2.24, 2.45) is 0 Å². The zero-order valence-corrected chi connectivity index (χ0v) is 9.96. The van der Waals surface area contributed by atoms with E-state index in [0.717, 1.165) is 25.9 Å². The molecule has 1 unspecified atom stereocenters. The number of carboxylic acid groups (broad SMARTS) is 1. The number of thiocarbonyl (C=S) groups is 1. The molecule has 0 spiro atoms. The van der Waals surface area contributed by atoms with Gasteiger partial charge in [-0.05, 0) is 25.1 Å². The molecule has 1 aliphatic rings. The van der Waals surface area contributed by atoms with Gasteiger partial charge in [0.25, 0.3) is 5.17 Å². The minimum atomic E-state index is -1.08. The third-order valence-corrected chi connectivity index (χ3v) is 2.48. The van der Waals surface area contributed by atoms with E-state index in [0.29, 0.717) is 0 Å². The molecule has 0 aromatic rings. The first kappa shape index (κ1) is 13.1. The Labute approximate surface area is 99.5 Å². The molecule has 0 aliphatic carbocycles. The lowest BCUT2D eigenvalue weighted by atomic mass is 10.3. The van der Waals surface area contributed by atoms with Crippen molar-refractivity contribution in [1.29, 1.82) is 0 Å². The molecule has 1 heterocycles. The molecule has 92 valence electrons. The van der Waals surface area contributed by atoms with Crippen LogP contribution >= 0.6 is 12.2 Å². The van der Waals surface area contributed by atoms with Gasteiger partial charge in [-0.15, -0.1) is 0 Å². The first-order chi connectivity index (χ1) is 7.65. The summed E-state index contributed by atoms with van der Waals surface area (Å²) in [5, 5.41) is 10.7. The van der Waals surface area contributed by atoms with Gasteiger partial charge in [-0.3, -0.25) is 5.01 Å². The monoisotopic (exact) mass is 248 g/mol. The maximum Gasteiger partial charge on any atom is 0.347 e. The van der Waals surface area contributed by atoms with Crippen molar-refractivity contribution >= 4 is 23.4 Å². The summed E-state index contributed by atoms with van der Waals surface area (Å²) in [4.78, 5) is 10.8. The summed E-state index contributed by atoms with van der Waals surface area (Å²) < 4.78 is 9.91. The lowest BCUT2D eigenvalue weighted by Gasteiger charge is -2.30. The van der Waals surface area contributed by atoms with Crippen molar-refractivity contribution in [3.05, 3.63) is 0 Å². The van der Waals surface area contributed by atoms with Crippen molar-refractivity contribution < 1.29 is 19.4 Å². The fraction of sp³-hybridized carbons (Fsp3) is 0.778. The van der Waals surface area contributed by atoms with Crippen molar-refractivity contribution in [3.63, 3.8) is 0 Å². The van der Waals surface area contributed by atoms with Crippen LogP contribution in [0.5, 0.6) is 0 Å². The van der Waals surface area contributed by atoms with Gasteiger partial charge in [0.2, 0.25) is 6.10 Å². The number of aliphatic carboxylic acids is 1. The average molecular weight is 248 g/mol. The molecule has 7 heteroatoms. The maximum atomic E-state index is 10.8. The van der Waals surface area contributed by atoms with E-state index in [-0.39, 0.29) is 11.8 Å². The van der Waals surface area contributed by atoms with Crippen LogP contribution in [-0.4, -0.2) is 54.2 Å². The van der Waals surface area contributed by atoms with Gasteiger partial charge in [0, 0.05) is 20.2 Å². The molecule has 1 saturated heterocycles. The molecule has 6 nitrogen and oxygen atoms in total. The predicted molar refractivity (Wildman–Crippen MR) is 60.9 cm³/mol. The van der Waals surface area contributed by atoms with E-state index < -0.39 is 12.1 Å². The molecule has 16 heavy (non-hydrogen) atoms. The van der Waals surface area contributed by atoms with Crippen LogP contribution in [0.4, 0.5) is 0 Å². The Bertz CT molecular complexity index is 256. The van der Waals surface area contributed by atoms with Crippen molar-refractivity contribution in [2.75, 3.05) is 26.8 Å². The van der Waals surface area contributed by atoms with Gasteiger partial charge in [-0.25, -0.2) is 10.2 Å². The smallest absolute Gasteiger partial charge is 0.347 e. The number of ether oxygens (including phenoxy) is 2. The number of hydrazine groups is 1. The first-order valence-corrected chi connectivity index (χ1v) is 5.49. The minimum absolute atomic E-state index is 0.0245. The summed E-state index contributed by atoms with van der Waals surface area (Å²) in [6, 6.07) is 0. The number of rotatable bonds is 4. The Balaban J connectivity index is 2.43. The van der Waals surface area contributed by atoms with E-state index >= 15 is 0 Å². The molecular formula is C9H16N2O4S. The molecule has 0 saturated carbocycles. The SMILES string of the molecule is COCC(OC(=S)N1CCCCN1)C(=O)O. The van der Waals surface area contributed by atoms with Crippen LogP contribution < -0.4 is 5.43 Å². The Hall–Kier alpha value is -0.920. The van der Waals surface area contributed by atoms with E-state index in [4.69, 9.17) is 26.8 Å². The third kappa shape index (κ3) is 3.92. The highest BCUT2D eigenvalue weighted by atomic mass is 32.1. The van der Waals surface area contributed by atoms with Gasteiger partial charge >= 0.3 is 5.97 Å². The quantitative estimate of drug-likeness (QED) is 0.678. The van der Waals surface area contributed by atoms with E-state index in [2.05, 4.69) is 5.43 Å². The second kappa shape index (κ2) is 6.62. The second-order valence-corrected chi connectivity index (χ2v) is 3.78. The van der Waals surface area contributed by atoms with Crippen molar-refractivity contribution in [1.82, 2.24) is 10.4 Å². The topological polar surface area (TPSA) is 71.0 Å². The summed E-state index contributed by atoms with van der Waals surface area (Å²) in [6.45, 7) is 1.53. The van der Waals surface area contributed by atoms with Gasteiger partial charge in [0.05, 0.1) is 6.61 Å². The zero-order valence-electron chi connectivity index (χ0n) is 9.14. The van der Waals surface area contributed by atoms with Crippen LogP contribution in [0.1, 0.15) is 12.8 Å². The Kier molecular flexibility index (Phi) is 5.44. The fourth-order valence-corrected chi connectivity index (χ4v) is 1.61. The second-order valence-electron chi connectivity index (χ2n) is 3.43. The van der Waals surface area contributed by atoms with Crippen LogP contribution in [0.2, 0.25) is 0 Å². The van der Waals surface area contributed by atoms with Crippen molar-refractivity contribution in [3.8, 4) is 0 Å². The highest BCUT2D eigenvalue weighted by Gasteiger charge is 2.23. The van der Waals surface area contributed by atoms with Gasteiger partial charge in [0.15, 0.2) is 0 Å². The third-order valence-electron chi connectivity index (χ3n) is 2.17. The lowest BCUT2D eigenvalue weighted by molar-refractivity contribution is -0.148. The number of hydrogen-bond donors (Lipinski definition) is 2. The number of nitrogens with one attached hydrogen (secondary N) is 1. The molecule has 0 radical (unpaired) electrons. The van der Waals surface area contributed by atoms with E-state index in [1.165, 1.54) is 7.11 Å². The van der Waals surface area contributed by atoms with E-state index in [1.807, 2.05) is 0 Å². The number of methoxy groups -OCH3 is 1. The minimum Gasteiger partial charge on any atom is -0.478 e. The summed E-state index contributed by atoms with van der Waals surface area (Å²) in [6.07, 6.45) is 1.04. The van der Waals surface area contributed by atoms with E-state index in [9.17, 15) is 4.79 Å². The molecule has 0 aromatic heterocycles. The van der Waals surface area contributed by atoms with Crippen LogP contribution in [0.25, 0.3) is 0 Å². The van der Waals surface area contributed by atoms with E-state index in [1.54, 1.807) is 5.01 Å². The number of nitrogens with zero attached hydrogens (tertiary/aromatic N) is 1. The molecule has 1 rings (SSSR count). The van der Waals surface area contributed by atoms with Gasteiger partial charge in [-0.2, -0.15) is 0 Å². The van der Waals surface area contributed by atoms with Crippen LogP contribution in [0.15, 0.2) is 0 Å². The molecule has 1 aliphatic heterocycles. The van der Waals surface area contributed by atoms with Crippen LogP contribution in [-0.2, 0) is 14.3 Å². The molecule has 0 aromatic carbocycles. The fourth-order valence-electron chi connectivity index (χ4n) is 1.34. The van der Waals surface area contributed by atoms with Gasteiger partial charge in [0.1, 0.15) is 0 Å². The summed E-state index contributed by atoms with van der Waals surface area (Å²) in [5.74, 6) is -1.08. The number of hydrogen-bond acceptors (Lipinski definition) is 5. The average Bonchev–Trinajstić information content (AvgIpc) is 2.29. The predicted octanol–water partition coefficient (Wildman–Crippen LogP) is -0.0121. The summed E-state index contributed by atoms with van der Waals surface area (Å²) in [5.41, 5.74) is 3.04. The highest BCUT2D eigenvalue weighted by molar-refractivity contribution is 7.80. The standard InChI is InChI=1S/C9H16N2O4S/c1-14-6-7(8(12)13)15-9(16)11-5-3-2-4-10-11/h7,10H,2-6H2,1H3,(H,12,13). The highest BCUT2D eigenvalue weighted by Crippen LogP contribution is 2.04. The largest absolute Gasteiger partial charge is 0.478 e. The first-order valence-electron chi connectivity index (χ1n) is 5.08. The molecule has 1 atom stereocenters. The van der Waals surface area contributed by atoms with Gasteiger partial charge in [-0.1, -0.05) is 0 Å². The Morgan fingerprint density at radius 3 is 2.88 bits per heavy atom. The molecule has 0 amide bonds. The Morgan fingerprint density at radius 1 is 1.62 bits per heavy atom. The molecule has 1 fully saturated rings. The molecule has 2 N–H and O–H groups in total. The summed E-state index contributed by atoms with van der Waals surface area (Å²) >= 11 is 5.01. The van der Waals surface area contributed by atoms with Gasteiger partial charge < -0.3 is 14.6 Å². The zero-order chi connectivity index (χ0) is 12.0. The molecular weight excluding hydrogens is 232 g/mol. The number of carboxylic acids is 1. The Morgan fingerprint density at radius 2 is 2.38 bits per heavy atom. The molecule has 0 bridgehead atoms. The number of carbonyl (C=O) groups is 1. The van der Waals surface area contributed by atoms with Crippen molar-refractivity contribution in [2.45, 2.75) is 18.9 Å². The normalized spacial score (nSPS) is 17.9. The lowest BCUT2D eigenvalue weighted by Crippen LogP contribution is -2.49. The maximum absolute atomic E-state index is 10.8. The summed E-state index contributed by atoms with van der Waals surface area (Å²) in [7, 11) is 1.42.